The van der Waals surface area contributed by atoms with Crippen molar-refractivity contribution in [3.8, 4) is 0 Å². The van der Waals surface area contributed by atoms with Crippen molar-refractivity contribution in [2.24, 2.45) is 0 Å². The third-order valence-corrected chi connectivity index (χ3v) is 5.30. The summed E-state index contributed by atoms with van der Waals surface area (Å²) in [4.78, 5) is 28.6. The zero-order valence-corrected chi connectivity index (χ0v) is 16.9. The second-order valence-electron chi connectivity index (χ2n) is 7.25. The van der Waals surface area contributed by atoms with Gasteiger partial charge < -0.3 is 15.0 Å². The number of nitrogens with zero attached hydrogens (tertiary/aromatic N) is 2. The number of hydrogen-bond donors (Lipinski definition) is 1. The molecule has 2 aromatic rings. The molecule has 7 heteroatoms. The zero-order chi connectivity index (χ0) is 21.0. The maximum absolute atomic E-state index is 13.3. The molecule has 0 bridgehead atoms. The molecule has 29 heavy (non-hydrogen) atoms. The highest BCUT2D eigenvalue weighted by Crippen LogP contribution is 2.22. The second-order valence-corrected chi connectivity index (χ2v) is 7.25. The van der Waals surface area contributed by atoms with Crippen molar-refractivity contribution < 1.29 is 18.7 Å². The highest BCUT2D eigenvalue weighted by atomic mass is 19.1. The summed E-state index contributed by atoms with van der Waals surface area (Å²) in [6.07, 6.45) is 0. The Morgan fingerprint density at radius 2 is 1.90 bits per heavy atom. The van der Waals surface area contributed by atoms with Gasteiger partial charge in [-0.25, -0.2) is 9.18 Å². The van der Waals surface area contributed by atoms with Crippen molar-refractivity contribution in [1.82, 2.24) is 4.90 Å². The average molecular weight is 399 g/mol. The molecule has 2 aromatic carbocycles. The van der Waals surface area contributed by atoms with Crippen LogP contribution in [0.25, 0.3) is 0 Å². The van der Waals surface area contributed by atoms with Gasteiger partial charge in [-0.15, -0.1) is 0 Å². The van der Waals surface area contributed by atoms with Gasteiger partial charge in [-0.3, -0.25) is 9.69 Å². The number of hydrogen-bond acceptors (Lipinski definition) is 5. The first-order valence-corrected chi connectivity index (χ1v) is 9.64. The minimum atomic E-state index is -0.379. The predicted octanol–water partition coefficient (Wildman–Crippen LogP) is 3.15. The van der Waals surface area contributed by atoms with Crippen LogP contribution in [-0.4, -0.2) is 55.6 Å². The third kappa shape index (κ3) is 4.92. The number of piperazine rings is 1. The molecule has 1 amide bonds. The van der Waals surface area contributed by atoms with Gasteiger partial charge in [0.05, 0.1) is 18.7 Å². The van der Waals surface area contributed by atoms with Crippen LogP contribution < -0.4 is 10.2 Å². The molecule has 0 aliphatic carbocycles. The van der Waals surface area contributed by atoms with Crippen molar-refractivity contribution in [2.75, 3.05) is 37.0 Å². The van der Waals surface area contributed by atoms with Crippen molar-refractivity contribution >= 4 is 23.3 Å². The standard InChI is InChI=1S/C22H26FN3O3/c1-15-14-25(20-9-7-17(8-10-20)22(28)29-3)11-12-26(15)16(2)21(27)24-19-6-4-5-18(23)13-19/h4-10,13,15-16H,11-12,14H2,1-3H3,(H,24,27). The predicted molar refractivity (Wildman–Crippen MR) is 111 cm³/mol. The normalized spacial score (nSPS) is 18.2. The van der Waals surface area contributed by atoms with Gasteiger partial charge in [0.25, 0.3) is 0 Å². The van der Waals surface area contributed by atoms with Crippen LogP contribution in [0.1, 0.15) is 24.2 Å². The van der Waals surface area contributed by atoms with E-state index < -0.39 is 0 Å². The lowest BCUT2D eigenvalue weighted by Crippen LogP contribution is -2.57. The molecule has 1 heterocycles. The number of ether oxygens (including phenoxy) is 1. The lowest BCUT2D eigenvalue weighted by molar-refractivity contribution is -0.121. The lowest BCUT2D eigenvalue weighted by Gasteiger charge is -2.43. The van der Waals surface area contributed by atoms with Crippen LogP contribution in [0.4, 0.5) is 15.8 Å². The van der Waals surface area contributed by atoms with E-state index in [4.69, 9.17) is 4.74 Å². The molecule has 0 radical (unpaired) electrons. The summed E-state index contributed by atoms with van der Waals surface area (Å²) in [5.74, 6) is -0.887. The van der Waals surface area contributed by atoms with Crippen molar-refractivity contribution in [3.63, 3.8) is 0 Å². The average Bonchev–Trinajstić information content (AvgIpc) is 2.72. The first-order valence-electron chi connectivity index (χ1n) is 9.64. The third-order valence-electron chi connectivity index (χ3n) is 5.30. The lowest BCUT2D eigenvalue weighted by atomic mass is 10.1. The Kier molecular flexibility index (Phi) is 6.49. The molecule has 3 rings (SSSR count). The van der Waals surface area contributed by atoms with Crippen LogP contribution in [0, 0.1) is 5.82 Å². The van der Waals surface area contributed by atoms with E-state index in [-0.39, 0.29) is 29.8 Å². The van der Waals surface area contributed by atoms with Gasteiger partial charge in [0.15, 0.2) is 0 Å². The Hall–Kier alpha value is -2.93. The summed E-state index contributed by atoms with van der Waals surface area (Å²) in [6.45, 7) is 6.19. The van der Waals surface area contributed by atoms with E-state index in [1.807, 2.05) is 19.1 Å². The summed E-state index contributed by atoms with van der Waals surface area (Å²) < 4.78 is 18.1. The van der Waals surface area contributed by atoms with Gasteiger partial charge in [-0.05, 0) is 56.3 Å². The number of rotatable bonds is 5. The fourth-order valence-electron chi connectivity index (χ4n) is 3.67. The van der Waals surface area contributed by atoms with Gasteiger partial charge in [0.2, 0.25) is 5.91 Å². The number of carbonyl (C=O) groups is 2. The molecular weight excluding hydrogens is 373 g/mol. The van der Waals surface area contributed by atoms with Crippen molar-refractivity contribution in [3.05, 3.63) is 59.9 Å². The van der Waals surface area contributed by atoms with Crippen LogP contribution in [0.15, 0.2) is 48.5 Å². The van der Waals surface area contributed by atoms with Gasteiger partial charge in [-0.1, -0.05) is 6.07 Å². The molecule has 1 aliphatic heterocycles. The highest BCUT2D eigenvalue weighted by Gasteiger charge is 2.31. The minimum Gasteiger partial charge on any atom is -0.465 e. The Morgan fingerprint density at radius 3 is 2.52 bits per heavy atom. The van der Waals surface area contributed by atoms with Gasteiger partial charge in [0.1, 0.15) is 5.82 Å². The Labute approximate surface area is 170 Å². The van der Waals surface area contributed by atoms with E-state index in [2.05, 4.69) is 22.0 Å². The minimum absolute atomic E-state index is 0.150. The number of methoxy groups -OCH3 is 1. The van der Waals surface area contributed by atoms with Crippen LogP contribution in [0.5, 0.6) is 0 Å². The maximum Gasteiger partial charge on any atom is 0.337 e. The van der Waals surface area contributed by atoms with E-state index in [0.29, 0.717) is 11.3 Å². The first-order chi connectivity index (χ1) is 13.9. The van der Waals surface area contributed by atoms with Gasteiger partial charge >= 0.3 is 5.97 Å². The second kappa shape index (κ2) is 9.05. The van der Waals surface area contributed by atoms with Crippen molar-refractivity contribution in [1.29, 1.82) is 0 Å². The SMILES string of the molecule is COC(=O)c1ccc(N2CCN(C(C)C(=O)Nc3cccc(F)c3)C(C)C2)cc1. The van der Waals surface area contributed by atoms with Crippen LogP contribution >= 0.6 is 0 Å². The molecule has 1 N–H and O–H groups in total. The Balaban J connectivity index is 1.60. The van der Waals surface area contributed by atoms with Crippen LogP contribution in [-0.2, 0) is 9.53 Å². The number of amides is 1. The largest absolute Gasteiger partial charge is 0.465 e. The fraction of sp³-hybridized carbons (Fsp3) is 0.364. The quantitative estimate of drug-likeness (QED) is 0.783. The Bertz CT molecular complexity index is 872. The molecule has 1 fully saturated rings. The fourth-order valence-corrected chi connectivity index (χ4v) is 3.67. The molecule has 0 aromatic heterocycles. The Morgan fingerprint density at radius 1 is 1.17 bits per heavy atom. The summed E-state index contributed by atoms with van der Waals surface area (Å²) in [5.41, 5.74) is 2.01. The maximum atomic E-state index is 13.3. The summed E-state index contributed by atoms with van der Waals surface area (Å²) in [5, 5.41) is 2.79. The molecule has 2 atom stereocenters. The highest BCUT2D eigenvalue weighted by molar-refractivity contribution is 5.94. The smallest absolute Gasteiger partial charge is 0.337 e. The summed E-state index contributed by atoms with van der Waals surface area (Å²) >= 11 is 0. The first kappa shape index (κ1) is 20.8. The number of halogens is 1. The molecule has 2 unspecified atom stereocenters. The van der Waals surface area contributed by atoms with Gasteiger partial charge in [0, 0.05) is 37.1 Å². The molecule has 154 valence electrons. The molecule has 0 spiro atoms. The van der Waals surface area contributed by atoms with Crippen LogP contribution in [0.2, 0.25) is 0 Å². The number of anilines is 2. The molecule has 1 aliphatic rings. The molecular formula is C22H26FN3O3. The number of nitrogens with one attached hydrogen (secondary N) is 1. The summed E-state index contributed by atoms with van der Waals surface area (Å²) in [6, 6.07) is 13.1. The molecule has 6 nitrogen and oxygen atoms in total. The van der Waals surface area contributed by atoms with E-state index in [1.165, 1.54) is 19.2 Å². The number of esters is 1. The molecule has 0 saturated carbocycles. The van der Waals surface area contributed by atoms with E-state index in [1.54, 1.807) is 24.3 Å². The van der Waals surface area contributed by atoms with Crippen molar-refractivity contribution in [2.45, 2.75) is 25.9 Å². The van der Waals surface area contributed by atoms with Gasteiger partial charge in [-0.2, -0.15) is 0 Å². The zero-order valence-electron chi connectivity index (χ0n) is 16.9. The topological polar surface area (TPSA) is 61.9 Å². The summed E-state index contributed by atoms with van der Waals surface area (Å²) in [7, 11) is 1.36. The monoisotopic (exact) mass is 399 g/mol. The number of carbonyl (C=O) groups excluding carboxylic acids is 2. The number of benzene rings is 2. The van der Waals surface area contributed by atoms with E-state index in [9.17, 15) is 14.0 Å². The molecule has 1 saturated heterocycles. The van der Waals surface area contributed by atoms with E-state index in [0.717, 1.165) is 25.3 Å². The van der Waals surface area contributed by atoms with Crippen LogP contribution in [0.3, 0.4) is 0 Å². The van der Waals surface area contributed by atoms with E-state index >= 15 is 0 Å².